The van der Waals surface area contributed by atoms with Gasteiger partial charge in [-0.2, -0.15) is 13.2 Å². The number of aryl methyl sites for hydroxylation is 2. The van der Waals surface area contributed by atoms with Gasteiger partial charge in [0.2, 0.25) is 10.0 Å². The molecule has 0 saturated heterocycles. The quantitative estimate of drug-likeness (QED) is 0.863. The van der Waals surface area contributed by atoms with Crippen molar-refractivity contribution in [1.82, 2.24) is 9.88 Å². The van der Waals surface area contributed by atoms with Crippen LogP contribution in [-0.4, -0.2) is 31.5 Å². The Bertz CT molecular complexity index is 628. The second-order valence-corrected chi connectivity index (χ2v) is 7.82. The van der Waals surface area contributed by atoms with Crippen LogP contribution in [0.4, 0.5) is 13.2 Å². The van der Waals surface area contributed by atoms with Crippen LogP contribution in [0.15, 0.2) is 4.52 Å². The van der Waals surface area contributed by atoms with Gasteiger partial charge >= 0.3 is 6.18 Å². The topological polar surface area (TPSA) is 72.2 Å². The van der Waals surface area contributed by atoms with Gasteiger partial charge in [-0.25, -0.2) is 13.1 Å². The van der Waals surface area contributed by atoms with Crippen LogP contribution in [-0.2, 0) is 16.4 Å². The smallest absolute Gasteiger partial charge is 0.361 e. The van der Waals surface area contributed by atoms with Gasteiger partial charge in [-0.3, -0.25) is 0 Å². The second kappa shape index (κ2) is 5.52. The van der Waals surface area contributed by atoms with Crippen LogP contribution < -0.4 is 4.72 Å². The van der Waals surface area contributed by atoms with Crippen molar-refractivity contribution in [3.05, 3.63) is 17.0 Å². The molecule has 0 unspecified atom stereocenters. The van der Waals surface area contributed by atoms with Crippen LogP contribution in [0.2, 0.25) is 0 Å². The van der Waals surface area contributed by atoms with Gasteiger partial charge in [0.25, 0.3) is 0 Å². The molecule has 0 spiro atoms. The number of rotatable bonds is 6. The molecular formula is C13H19F3N2O3S. The van der Waals surface area contributed by atoms with Crippen LogP contribution >= 0.6 is 0 Å². The summed E-state index contributed by atoms with van der Waals surface area (Å²) in [7, 11) is -4.01. The van der Waals surface area contributed by atoms with Crippen molar-refractivity contribution < 1.29 is 26.1 Å². The van der Waals surface area contributed by atoms with E-state index in [0.717, 1.165) is 5.56 Å². The van der Waals surface area contributed by atoms with E-state index in [-0.39, 0.29) is 12.8 Å². The summed E-state index contributed by atoms with van der Waals surface area (Å²) in [6.07, 6.45) is -4.42. The predicted molar refractivity (Wildman–Crippen MR) is 73.8 cm³/mol. The zero-order chi connectivity index (χ0) is 16.8. The third-order valence-electron chi connectivity index (χ3n) is 3.99. The van der Waals surface area contributed by atoms with E-state index in [4.69, 9.17) is 4.52 Å². The molecule has 22 heavy (non-hydrogen) atoms. The molecule has 1 aromatic heterocycles. The minimum atomic E-state index is -4.48. The fourth-order valence-corrected chi connectivity index (χ4v) is 4.47. The first-order valence-electron chi connectivity index (χ1n) is 6.94. The number of nitrogens with one attached hydrogen (secondary N) is 1. The highest BCUT2D eigenvalue weighted by Crippen LogP contribution is 2.58. The Morgan fingerprint density at radius 3 is 2.36 bits per heavy atom. The number of sulfonamides is 1. The Morgan fingerprint density at radius 1 is 1.36 bits per heavy atom. The average Bonchev–Trinajstić information content (AvgIpc) is 3.05. The molecule has 9 heteroatoms. The summed E-state index contributed by atoms with van der Waals surface area (Å²) in [6.45, 7) is 5.05. The molecule has 1 aromatic rings. The monoisotopic (exact) mass is 340 g/mol. The summed E-state index contributed by atoms with van der Waals surface area (Å²) < 4.78 is 69.9. The van der Waals surface area contributed by atoms with Gasteiger partial charge in [0, 0.05) is 11.6 Å². The molecule has 1 aliphatic rings. The molecule has 0 amide bonds. The van der Waals surface area contributed by atoms with Gasteiger partial charge in [0.05, 0.1) is 16.9 Å². The minimum absolute atomic E-state index is 0.129. The average molecular weight is 340 g/mol. The van der Waals surface area contributed by atoms with Crippen LogP contribution in [0.25, 0.3) is 0 Å². The molecule has 0 aromatic carbocycles. The van der Waals surface area contributed by atoms with E-state index < -0.39 is 33.4 Å². The lowest BCUT2D eigenvalue weighted by molar-refractivity contribution is -0.180. The maximum atomic E-state index is 12.9. The molecule has 1 saturated carbocycles. The fourth-order valence-electron chi connectivity index (χ4n) is 2.51. The number of nitrogens with zero attached hydrogens (tertiary/aromatic N) is 1. The largest absolute Gasteiger partial charge is 0.395 e. The molecule has 0 aliphatic heterocycles. The number of hydrogen-bond acceptors (Lipinski definition) is 4. The minimum Gasteiger partial charge on any atom is -0.361 e. The van der Waals surface area contributed by atoms with E-state index in [2.05, 4.69) is 9.88 Å². The van der Waals surface area contributed by atoms with Crippen molar-refractivity contribution in [2.45, 2.75) is 52.3 Å². The van der Waals surface area contributed by atoms with E-state index in [9.17, 15) is 21.6 Å². The van der Waals surface area contributed by atoms with E-state index in [1.807, 2.05) is 0 Å². The Morgan fingerprint density at radius 2 is 1.95 bits per heavy atom. The van der Waals surface area contributed by atoms with Gasteiger partial charge in [-0.15, -0.1) is 0 Å². The normalized spacial score (nSPS) is 19.2. The van der Waals surface area contributed by atoms with Crippen LogP contribution in [0.3, 0.4) is 0 Å². The van der Waals surface area contributed by atoms with Crippen molar-refractivity contribution in [2.75, 3.05) is 5.75 Å². The lowest BCUT2D eigenvalue weighted by atomic mass is 10.1. The Kier molecular flexibility index (Phi) is 4.33. The van der Waals surface area contributed by atoms with E-state index in [1.54, 1.807) is 20.8 Å². The molecule has 0 bridgehead atoms. The maximum absolute atomic E-state index is 12.9. The van der Waals surface area contributed by atoms with Gasteiger partial charge in [-0.1, -0.05) is 5.16 Å². The van der Waals surface area contributed by atoms with E-state index in [1.165, 1.54) is 0 Å². The second-order valence-electron chi connectivity index (χ2n) is 6.06. The maximum Gasteiger partial charge on any atom is 0.395 e. The van der Waals surface area contributed by atoms with Gasteiger partial charge in [0.1, 0.15) is 5.76 Å². The molecule has 1 atom stereocenters. The fraction of sp³-hybridized carbons (Fsp3) is 0.769. The summed E-state index contributed by atoms with van der Waals surface area (Å²) in [6, 6.07) is -0.536. The first-order chi connectivity index (χ1) is 9.96. The van der Waals surface area contributed by atoms with Gasteiger partial charge in [-0.05, 0) is 40.0 Å². The molecule has 1 N–H and O–H groups in total. The molecular weight excluding hydrogens is 321 g/mol. The number of aromatic nitrogens is 1. The van der Waals surface area contributed by atoms with Crippen LogP contribution in [0.5, 0.6) is 0 Å². The Balaban J connectivity index is 2.00. The van der Waals surface area contributed by atoms with Crippen molar-refractivity contribution in [3.63, 3.8) is 0 Å². The Hall–Kier alpha value is -1.09. The zero-order valence-electron chi connectivity index (χ0n) is 12.6. The summed E-state index contributed by atoms with van der Waals surface area (Å²) in [5.41, 5.74) is -0.647. The number of halogens is 3. The summed E-state index contributed by atoms with van der Waals surface area (Å²) in [5, 5.41) is 3.77. The first-order valence-corrected chi connectivity index (χ1v) is 8.59. The zero-order valence-corrected chi connectivity index (χ0v) is 13.4. The van der Waals surface area contributed by atoms with Gasteiger partial charge < -0.3 is 4.52 Å². The molecule has 1 aliphatic carbocycles. The SMILES string of the molecule is Cc1noc(C)c1C[C@@H](C)NS(=O)(=O)CC1(C(F)(F)F)CC1. The van der Waals surface area contributed by atoms with Crippen molar-refractivity contribution >= 4 is 10.0 Å². The van der Waals surface area contributed by atoms with Crippen molar-refractivity contribution in [1.29, 1.82) is 0 Å². The standard InChI is InChI=1S/C13H19F3N2O3S/c1-8(6-11-9(2)17-21-10(11)3)18-22(19,20)7-12(4-5-12)13(14,15)16/h8,18H,4-7H2,1-3H3/t8-/m1/s1. The lowest BCUT2D eigenvalue weighted by Crippen LogP contribution is -2.41. The lowest BCUT2D eigenvalue weighted by Gasteiger charge is -2.21. The van der Waals surface area contributed by atoms with Crippen molar-refractivity contribution in [3.8, 4) is 0 Å². The molecule has 0 radical (unpaired) electrons. The van der Waals surface area contributed by atoms with Gasteiger partial charge in [0.15, 0.2) is 0 Å². The van der Waals surface area contributed by atoms with Crippen molar-refractivity contribution in [2.24, 2.45) is 5.41 Å². The molecule has 2 rings (SSSR count). The highest BCUT2D eigenvalue weighted by Gasteiger charge is 2.64. The summed E-state index contributed by atoms with van der Waals surface area (Å²) in [5.74, 6) is -0.326. The molecule has 1 fully saturated rings. The third-order valence-corrected chi connectivity index (χ3v) is 5.69. The Labute approximate surface area is 127 Å². The highest BCUT2D eigenvalue weighted by molar-refractivity contribution is 7.89. The highest BCUT2D eigenvalue weighted by atomic mass is 32.2. The number of hydrogen-bond donors (Lipinski definition) is 1. The van der Waals surface area contributed by atoms with E-state index >= 15 is 0 Å². The molecule has 5 nitrogen and oxygen atoms in total. The predicted octanol–water partition coefficient (Wildman–Crippen LogP) is 2.48. The summed E-state index contributed by atoms with van der Waals surface area (Å²) >= 11 is 0. The van der Waals surface area contributed by atoms with Crippen LogP contribution in [0, 0.1) is 19.3 Å². The summed E-state index contributed by atoms with van der Waals surface area (Å²) in [4.78, 5) is 0. The molecule has 1 heterocycles. The van der Waals surface area contributed by atoms with Crippen LogP contribution in [0.1, 0.15) is 36.8 Å². The first kappa shape index (κ1) is 17.3. The number of alkyl halides is 3. The van der Waals surface area contributed by atoms with E-state index in [0.29, 0.717) is 17.9 Å². The molecule has 126 valence electrons. The third kappa shape index (κ3) is 3.62.